The maximum atomic E-state index is 14.0. The Morgan fingerprint density at radius 1 is 1.20 bits per heavy atom. The number of halogens is 2. The normalized spacial score (nSPS) is 15.9. The molecule has 1 saturated heterocycles. The van der Waals surface area contributed by atoms with Crippen LogP contribution in [0.2, 0.25) is 5.02 Å². The fourth-order valence-electron chi connectivity index (χ4n) is 2.96. The minimum absolute atomic E-state index is 0.0320. The summed E-state index contributed by atoms with van der Waals surface area (Å²) < 4.78 is 19.8. The molecule has 6 heteroatoms. The zero-order valence-corrected chi connectivity index (χ0v) is 14.5. The maximum absolute atomic E-state index is 14.0. The molecule has 25 heavy (non-hydrogen) atoms. The second kappa shape index (κ2) is 7.85. The van der Waals surface area contributed by atoms with Crippen molar-refractivity contribution in [1.82, 2.24) is 4.90 Å². The van der Waals surface area contributed by atoms with Gasteiger partial charge in [-0.05, 0) is 48.7 Å². The lowest BCUT2D eigenvalue weighted by Crippen LogP contribution is -2.37. The second-order valence-electron chi connectivity index (χ2n) is 6.23. The summed E-state index contributed by atoms with van der Waals surface area (Å²) in [5, 5.41) is 0.736. The first-order valence-corrected chi connectivity index (χ1v) is 8.62. The molecule has 132 valence electrons. The molecule has 4 nitrogen and oxygen atoms in total. The third kappa shape index (κ3) is 4.71. The zero-order chi connectivity index (χ0) is 17.8. The highest BCUT2D eigenvalue weighted by molar-refractivity contribution is 6.30. The van der Waals surface area contributed by atoms with Crippen molar-refractivity contribution < 1.29 is 13.9 Å². The highest BCUT2D eigenvalue weighted by Gasteiger charge is 2.22. The van der Waals surface area contributed by atoms with Crippen molar-refractivity contribution in [3.8, 4) is 5.75 Å². The fraction of sp³-hybridized carbons (Fsp3) is 0.316. The summed E-state index contributed by atoms with van der Waals surface area (Å²) in [6.45, 7) is 2.63. The number of piperidine rings is 1. The van der Waals surface area contributed by atoms with Crippen LogP contribution >= 0.6 is 11.6 Å². The van der Waals surface area contributed by atoms with Crippen LogP contribution in [0.25, 0.3) is 0 Å². The average Bonchev–Trinajstić information content (AvgIpc) is 2.60. The molecule has 0 aromatic heterocycles. The van der Waals surface area contributed by atoms with Gasteiger partial charge in [-0.15, -0.1) is 0 Å². The molecule has 0 saturated carbocycles. The molecule has 1 fully saturated rings. The SMILES string of the molecule is NC(=O)c1ccc(OC2CCN(Cc3ccc(Cl)cc3)CC2)c(F)c1. The molecule has 1 amide bonds. The van der Waals surface area contributed by atoms with Crippen LogP contribution < -0.4 is 10.5 Å². The number of nitrogens with zero attached hydrogens (tertiary/aromatic N) is 1. The van der Waals surface area contributed by atoms with Gasteiger partial charge in [0.05, 0.1) is 0 Å². The van der Waals surface area contributed by atoms with Gasteiger partial charge >= 0.3 is 0 Å². The molecule has 0 bridgehead atoms. The third-order valence-electron chi connectivity index (χ3n) is 4.36. The van der Waals surface area contributed by atoms with Gasteiger partial charge in [-0.1, -0.05) is 23.7 Å². The standard InChI is InChI=1S/C19H20ClFN2O2/c20-15-4-1-13(2-5-15)12-23-9-7-16(8-10-23)25-18-6-3-14(19(22)24)11-17(18)21/h1-6,11,16H,7-10,12H2,(H2,22,24). The fourth-order valence-corrected chi connectivity index (χ4v) is 3.09. The average molecular weight is 363 g/mol. The predicted octanol–water partition coefficient (Wildman–Crippen LogP) is 3.62. The molecule has 1 aliphatic heterocycles. The quantitative estimate of drug-likeness (QED) is 0.883. The number of nitrogens with two attached hydrogens (primary N) is 1. The summed E-state index contributed by atoms with van der Waals surface area (Å²) in [5.41, 5.74) is 6.51. The molecule has 0 radical (unpaired) electrons. The Kier molecular flexibility index (Phi) is 5.56. The van der Waals surface area contributed by atoms with Gasteiger partial charge in [0.25, 0.3) is 0 Å². The highest BCUT2D eigenvalue weighted by atomic mass is 35.5. The van der Waals surface area contributed by atoms with Crippen LogP contribution in [-0.2, 0) is 6.54 Å². The number of benzene rings is 2. The molecule has 2 N–H and O–H groups in total. The van der Waals surface area contributed by atoms with Gasteiger partial charge in [0.15, 0.2) is 11.6 Å². The van der Waals surface area contributed by atoms with Crippen molar-refractivity contribution in [3.63, 3.8) is 0 Å². The van der Waals surface area contributed by atoms with E-state index in [4.69, 9.17) is 22.1 Å². The van der Waals surface area contributed by atoms with E-state index in [-0.39, 0.29) is 17.4 Å². The Hall–Kier alpha value is -2.11. The first-order chi connectivity index (χ1) is 12.0. The van der Waals surface area contributed by atoms with Crippen LogP contribution in [0.15, 0.2) is 42.5 Å². The Bertz CT molecular complexity index is 744. The van der Waals surface area contributed by atoms with Crippen molar-refractivity contribution >= 4 is 17.5 Å². The lowest BCUT2D eigenvalue weighted by atomic mass is 10.1. The molecule has 0 aliphatic carbocycles. The Morgan fingerprint density at radius 3 is 2.48 bits per heavy atom. The van der Waals surface area contributed by atoms with Crippen molar-refractivity contribution in [3.05, 3.63) is 64.4 Å². The van der Waals surface area contributed by atoms with E-state index in [0.29, 0.717) is 0 Å². The summed E-state index contributed by atoms with van der Waals surface area (Å²) in [6.07, 6.45) is 1.62. The van der Waals surface area contributed by atoms with E-state index < -0.39 is 11.7 Å². The van der Waals surface area contributed by atoms with Crippen molar-refractivity contribution in [2.45, 2.75) is 25.5 Å². The van der Waals surface area contributed by atoms with E-state index in [0.717, 1.165) is 43.6 Å². The van der Waals surface area contributed by atoms with Gasteiger partial charge in [-0.3, -0.25) is 9.69 Å². The number of primary amides is 1. The van der Waals surface area contributed by atoms with E-state index in [1.165, 1.54) is 17.7 Å². The van der Waals surface area contributed by atoms with Crippen LogP contribution in [-0.4, -0.2) is 30.0 Å². The van der Waals surface area contributed by atoms with E-state index in [1.807, 2.05) is 24.3 Å². The van der Waals surface area contributed by atoms with Crippen molar-refractivity contribution in [1.29, 1.82) is 0 Å². The molecule has 3 rings (SSSR count). The van der Waals surface area contributed by atoms with Gasteiger partial charge in [0.1, 0.15) is 6.10 Å². The summed E-state index contributed by atoms with van der Waals surface area (Å²) >= 11 is 5.90. The Balaban J connectivity index is 1.52. The number of hydrogen-bond donors (Lipinski definition) is 1. The topological polar surface area (TPSA) is 55.6 Å². The lowest BCUT2D eigenvalue weighted by Gasteiger charge is -2.32. The first kappa shape index (κ1) is 17.7. The number of carbonyl (C=O) groups is 1. The van der Waals surface area contributed by atoms with Crippen molar-refractivity contribution in [2.75, 3.05) is 13.1 Å². The second-order valence-corrected chi connectivity index (χ2v) is 6.67. The van der Waals surface area contributed by atoms with Gasteiger partial charge in [0, 0.05) is 30.2 Å². The van der Waals surface area contributed by atoms with E-state index >= 15 is 0 Å². The molecular weight excluding hydrogens is 343 g/mol. The zero-order valence-electron chi connectivity index (χ0n) is 13.8. The predicted molar refractivity (Wildman–Crippen MR) is 95.3 cm³/mol. The first-order valence-electron chi connectivity index (χ1n) is 8.24. The molecule has 0 atom stereocenters. The van der Waals surface area contributed by atoms with Crippen LogP contribution in [0.3, 0.4) is 0 Å². The van der Waals surface area contributed by atoms with Crippen LogP contribution in [0, 0.1) is 5.82 Å². The van der Waals surface area contributed by atoms with Gasteiger partial charge in [-0.25, -0.2) is 4.39 Å². The molecular formula is C19H20ClFN2O2. The largest absolute Gasteiger partial charge is 0.487 e. The third-order valence-corrected chi connectivity index (χ3v) is 4.62. The molecule has 1 aliphatic rings. The number of likely N-dealkylation sites (tertiary alicyclic amines) is 1. The summed E-state index contributed by atoms with van der Waals surface area (Å²) in [4.78, 5) is 13.4. The molecule has 2 aromatic rings. The van der Waals surface area contributed by atoms with Crippen LogP contribution in [0.1, 0.15) is 28.8 Å². The molecule has 1 heterocycles. The monoisotopic (exact) mass is 362 g/mol. The number of rotatable bonds is 5. The molecule has 0 unspecified atom stereocenters. The van der Waals surface area contributed by atoms with E-state index in [9.17, 15) is 9.18 Å². The maximum Gasteiger partial charge on any atom is 0.248 e. The highest BCUT2D eigenvalue weighted by Crippen LogP contribution is 2.24. The smallest absolute Gasteiger partial charge is 0.248 e. The Labute approximate surface area is 151 Å². The summed E-state index contributed by atoms with van der Waals surface area (Å²) in [6, 6.07) is 11.9. The number of amides is 1. The molecule has 2 aromatic carbocycles. The Morgan fingerprint density at radius 2 is 1.88 bits per heavy atom. The summed E-state index contributed by atoms with van der Waals surface area (Å²) in [5.74, 6) is -1.04. The van der Waals surface area contributed by atoms with Crippen LogP contribution in [0.4, 0.5) is 4.39 Å². The summed E-state index contributed by atoms with van der Waals surface area (Å²) in [7, 11) is 0. The van der Waals surface area contributed by atoms with Crippen LogP contribution in [0.5, 0.6) is 5.75 Å². The number of ether oxygens (including phenoxy) is 1. The lowest BCUT2D eigenvalue weighted by molar-refractivity contribution is 0.0934. The van der Waals surface area contributed by atoms with Gasteiger partial charge in [-0.2, -0.15) is 0 Å². The van der Waals surface area contributed by atoms with Crippen molar-refractivity contribution in [2.24, 2.45) is 5.73 Å². The minimum atomic E-state index is -0.652. The number of hydrogen-bond acceptors (Lipinski definition) is 3. The van der Waals surface area contributed by atoms with E-state index in [1.54, 1.807) is 0 Å². The number of carbonyl (C=O) groups excluding carboxylic acids is 1. The van der Waals surface area contributed by atoms with Gasteiger partial charge < -0.3 is 10.5 Å². The van der Waals surface area contributed by atoms with E-state index in [2.05, 4.69) is 4.90 Å². The minimum Gasteiger partial charge on any atom is -0.487 e. The van der Waals surface area contributed by atoms with Gasteiger partial charge in [0.2, 0.25) is 5.91 Å². The molecule has 0 spiro atoms.